The molecule has 8 nitrogen and oxygen atoms in total. The van der Waals surface area contributed by atoms with Crippen molar-refractivity contribution < 1.29 is 4.79 Å². The summed E-state index contributed by atoms with van der Waals surface area (Å²) in [6.45, 7) is 8.98. The lowest BCUT2D eigenvalue weighted by Gasteiger charge is -2.33. The van der Waals surface area contributed by atoms with E-state index < -0.39 is 0 Å². The van der Waals surface area contributed by atoms with Gasteiger partial charge in [0.15, 0.2) is 17.0 Å². The molecule has 3 aliphatic rings. The standard InChI is InChI=1S/C24H37N7O/c1-18-8-13-29(14-9-18)15-10-25-24(32)19-6-5-11-30(16-19)22-21-23(27-17-26-22)31-12-4-2-3-7-20(31)28-21/h17-19H,2-16H2,1H3,(H,25,32)/t19-/m1/s1. The Morgan fingerprint density at radius 1 is 1.06 bits per heavy atom. The van der Waals surface area contributed by atoms with Crippen molar-refractivity contribution >= 4 is 22.9 Å². The summed E-state index contributed by atoms with van der Waals surface area (Å²) in [7, 11) is 0. The molecule has 1 N–H and O–H groups in total. The molecule has 1 amide bonds. The van der Waals surface area contributed by atoms with E-state index in [0.29, 0.717) is 6.54 Å². The number of aryl methyl sites for hydroxylation is 2. The van der Waals surface area contributed by atoms with Crippen LogP contribution in [0.2, 0.25) is 0 Å². The summed E-state index contributed by atoms with van der Waals surface area (Å²) < 4.78 is 2.28. The van der Waals surface area contributed by atoms with E-state index in [1.54, 1.807) is 6.33 Å². The molecule has 1 atom stereocenters. The van der Waals surface area contributed by atoms with E-state index in [1.165, 1.54) is 32.1 Å². The number of piperidine rings is 2. The highest BCUT2D eigenvalue weighted by atomic mass is 16.1. The van der Waals surface area contributed by atoms with Crippen LogP contribution in [-0.2, 0) is 17.8 Å². The van der Waals surface area contributed by atoms with Crippen LogP contribution < -0.4 is 10.2 Å². The van der Waals surface area contributed by atoms with Crippen LogP contribution in [0.15, 0.2) is 6.33 Å². The maximum Gasteiger partial charge on any atom is 0.224 e. The second-order valence-electron chi connectivity index (χ2n) is 9.96. The van der Waals surface area contributed by atoms with Crippen molar-refractivity contribution in [1.29, 1.82) is 0 Å². The average molecular weight is 440 g/mol. The van der Waals surface area contributed by atoms with E-state index in [0.717, 1.165) is 87.3 Å². The van der Waals surface area contributed by atoms with Crippen LogP contribution >= 0.6 is 0 Å². The van der Waals surface area contributed by atoms with Gasteiger partial charge >= 0.3 is 0 Å². The summed E-state index contributed by atoms with van der Waals surface area (Å²) in [5.74, 6) is 3.07. The molecule has 0 spiro atoms. The third kappa shape index (κ3) is 4.60. The normalized spacial score (nSPS) is 23.2. The summed E-state index contributed by atoms with van der Waals surface area (Å²) in [6.07, 6.45) is 10.8. The molecule has 2 saturated heterocycles. The number of nitrogens with one attached hydrogen (secondary N) is 1. The van der Waals surface area contributed by atoms with Crippen molar-refractivity contribution in [3.05, 3.63) is 12.2 Å². The lowest BCUT2D eigenvalue weighted by Crippen LogP contribution is -2.45. The summed E-state index contributed by atoms with van der Waals surface area (Å²) in [5, 5.41) is 3.21. The number of carbonyl (C=O) groups is 1. The number of rotatable bonds is 5. The quantitative estimate of drug-likeness (QED) is 0.772. The van der Waals surface area contributed by atoms with E-state index in [1.807, 2.05) is 0 Å². The third-order valence-corrected chi connectivity index (χ3v) is 7.57. The Morgan fingerprint density at radius 3 is 2.81 bits per heavy atom. The average Bonchev–Trinajstić information content (AvgIpc) is 3.01. The summed E-state index contributed by atoms with van der Waals surface area (Å²) in [5.41, 5.74) is 1.86. The van der Waals surface area contributed by atoms with Crippen molar-refractivity contribution in [2.75, 3.05) is 44.2 Å². The lowest BCUT2D eigenvalue weighted by molar-refractivity contribution is -0.125. The van der Waals surface area contributed by atoms with Crippen molar-refractivity contribution in [2.45, 2.75) is 64.8 Å². The number of fused-ring (bicyclic) bond motifs is 3. The molecule has 0 aromatic carbocycles. The summed E-state index contributed by atoms with van der Waals surface area (Å²) >= 11 is 0. The fourth-order valence-corrected chi connectivity index (χ4v) is 5.51. The molecule has 0 bridgehead atoms. The Hall–Kier alpha value is -2.22. The number of hydrogen-bond donors (Lipinski definition) is 1. The Morgan fingerprint density at radius 2 is 1.94 bits per heavy atom. The first-order valence-corrected chi connectivity index (χ1v) is 12.6. The molecule has 8 heteroatoms. The second kappa shape index (κ2) is 9.73. The van der Waals surface area contributed by atoms with E-state index in [2.05, 4.69) is 36.6 Å². The van der Waals surface area contributed by atoms with Gasteiger partial charge in [0.1, 0.15) is 12.2 Å². The molecule has 32 heavy (non-hydrogen) atoms. The van der Waals surface area contributed by atoms with Crippen LogP contribution in [0, 0.1) is 11.8 Å². The van der Waals surface area contributed by atoms with Crippen LogP contribution in [-0.4, -0.2) is 69.6 Å². The molecule has 5 heterocycles. The number of anilines is 1. The Kier molecular flexibility index (Phi) is 6.57. The molecular weight excluding hydrogens is 402 g/mol. The highest BCUT2D eigenvalue weighted by Crippen LogP contribution is 2.29. The first-order valence-electron chi connectivity index (χ1n) is 12.6. The van der Waals surface area contributed by atoms with Gasteiger partial charge in [-0.15, -0.1) is 0 Å². The first kappa shape index (κ1) is 21.6. The zero-order valence-electron chi connectivity index (χ0n) is 19.4. The minimum Gasteiger partial charge on any atom is -0.355 e. The number of amides is 1. The highest BCUT2D eigenvalue weighted by Gasteiger charge is 2.29. The van der Waals surface area contributed by atoms with Crippen LogP contribution in [0.1, 0.15) is 57.7 Å². The molecule has 0 unspecified atom stereocenters. The number of nitrogens with zero attached hydrogens (tertiary/aromatic N) is 6. The van der Waals surface area contributed by atoms with Gasteiger partial charge in [0.05, 0.1) is 5.92 Å². The number of imidazole rings is 1. The molecule has 2 fully saturated rings. The van der Waals surface area contributed by atoms with Gasteiger partial charge in [0.2, 0.25) is 5.91 Å². The highest BCUT2D eigenvalue weighted by molar-refractivity contribution is 5.85. The van der Waals surface area contributed by atoms with Gasteiger partial charge in [-0.3, -0.25) is 4.79 Å². The van der Waals surface area contributed by atoms with Crippen molar-refractivity contribution in [1.82, 2.24) is 29.7 Å². The van der Waals surface area contributed by atoms with E-state index in [-0.39, 0.29) is 11.8 Å². The minimum atomic E-state index is 0.00980. The Bertz CT molecular complexity index is 934. The topological polar surface area (TPSA) is 79.2 Å². The molecule has 0 aliphatic carbocycles. The molecule has 2 aromatic heterocycles. The van der Waals surface area contributed by atoms with Gasteiger partial charge in [-0.05, 0) is 57.5 Å². The number of hydrogen-bond acceptors (Lipinski definition) is 6. The molecule has 2 aromatic rings. The molecule has 0 saturated carbocycles. The predicted octanol–water partition coefficient (Wildman–Crippen LogP) is 2.62. The van der Waals surface area contributed by atoms with Crippen LogP contribution in [0.4, 0.5) is 5.82 Å². The molecule has 174 valence electrons. The van der Waals surface area contributed by atoms with Crippen molar-refractivity contribution in [3.8, 4) is 0 Å². The number of aromatic nitrogens is 4. The smallest absolute Gasteiger partial charge is 0.224 e. The fourth-order valence-electron chi connectivity index (χ4n) is 5.51. The molecule has 5 rings (SSSR count). The van der Waals surface area contributed by atoms with Crippen molar-refractivity contribution in [2.24, 2.45) is 11.8 Å². The van der Waals surface area contributed by atoms with Gasteiger partial charge in [-0.2, -0.15) is 0 Å². The largest absolute Gasteiger partial charge is 0.355 e. The maximum atomic E-state index is 12.9. The van der Waals surface area contributed by atoms with Gasteiger partial charge < -0.3 is 19.7 Å². The van der Waals surface area contributed by atoms with Crippen LogP contribution in [0.25, 0.3) is 11.2 Å². The summed E-state index contributed by atoms with van der Waals surface area (Å²) in [6, 6.07) is 0. The third-order valence-electron chi connectivity index (χ3n) is 7.57. The summed E-state index contributed by atoms with van der Waals surface area (Å²) in [4.78, 5) is 31.8. The molecular formula is C24H37N7O. The zero-order valence-corrected chi connectivity index (χ0v) is 19.4. The molecule has 0 radical (unpaired) electrons. The number of carbonyl (C=O) groups excluding carboxylic acids is 1. The van der Waals surface area contributed by atoms with Gasteiger partial charge in [-0.1, -0.05) is 13.3 Å². The minimum absolute atomic E-state index is 0.00980. The maximum absolute atomic E-state index is 12.9. The van der Waals surface area contributed by atoms with Gasteiger partial charge in [0, 0.05) is 39.1 Å². The van der Waals surface area contributed by atoms with Crippen LogP contribution in [0.5, 0.6) is 0 Å². The van der Waals surface area contributed by atoms with E-state index in [4.69, 9.17) is 4.98 Å². The Labute approximate surface area is 190 Å². The Balaban J connectivity index is 1.22. The van der Waals surface area contributed by atoms with Crippen LogP contribution in [0.3, 0.4) is 0 Å². The fraction of sp³-hybridized carbons (Fsp3) is 0.750. The second-order valence-corrected chi connectivity index (χ2v) is 9.96. The van der Waals surface area contributed by atoms with E-state index in [9.17, 15) is 4.79 Å². The molecule has 3 aliphatic heterocycles. The van der Waals surface area contributed by atoms with Gasteiger partial charge in [0.25, 0.3) is 0 Å². The van der Waals surface area contributed by atoms with E-state index >= 15 is 0 Å². The number of likely N-dealkylation sites (tertiary alicyclic amines) is 1. The monoisotopic (exact) mass is 439 g/mol. The predicted molar refractivity (Wildman–Crippen MR) is 126 cm³/mol. The SMILES string of the molecule is CC1CCN(CCNC(=O)[C@@H]2CCCN(c3ncnc4c3nc3n4CCCCC3)C2)CC1. The zero-order chi connectivity index (χ0) is 21.9. The van der Waals surface area contributed by atoms with Gasteiger partial charge in [-0.25, -0.2) is 15.0 Å². The van der Waals surface area contributed by atoms with Crippen molar-refractivity contribution in [3.63, 3.8) is 0 Å². The first-order chi connectivity index (χ1) is 15.7. The lowest BCUT2D eigenvalue weighted by atomic mass is 9.97.